The number of fused-ring (bicyclic) bond motifs is 5. The molecule has 4 N–H and O–H groups in total. The third kappa shape index (κ3) is 1.95. The van der Waals surface area contributed by atoms with Gasteiger partial charge in [0.15, 0.2) is 22.8 Å². The van der Waals surface area contributed by atoms with Crippen LogP contribution in [0.1, 0.15) is 33.1 Å². The van der Waals surface area contributed by atoms with E-state index >= 15 is 4.39 Å². The zero-order chi connectivity index (χ0) is 20.7. The van der Waals surface area contributed by atoms with Crippen molar-refractivity contribution in [2.45, 2.75) is 56.6 Å². The minimum absolute atomic E-state index is 0.219. The Morgan fingerprint density at radius 3 is 2.64 bits per heavy atom. The predicted octanol–water partition coefficient (Wildman–Crippen LogP) is 0.541. The molecule has 0 saturated heterocycles. The van der Waals surface area contributed by atoms with Crippen molar-refractivity contribution >= 4 is 11.6 Å². The summed E-state index contributed by atoms with van der Waals surface area (Å²) in [6.07, 6.45) is 2.78. The van der Waals surface area contributed by atoms with Crippen molar-refractivity contribution in [3.8, 4) is 0 Å². The first-order valence-corrected chi connectivity index (χ1v) is 9.55. The number of ketones is 2. The van der Waals surface area contributed by atoms with Gasteiger partial charge in [0.1, 0.15) is 12.7 Å². The molecule has 0 aromatic carbocycles. The summed E-state index contributed by atoms with van der Waals surface area (Å²) in [7, 11) is 0. The van der Waals surface area contributed by atoms with Crippen LogP contribution in [0.5, 0.6) is 0 Å². The second-order valence-corrected chi connectivity index (χ2v) is 8.93. The fourth-order valence-electron chi connectivity index (χ4n) is 6.19. The summed E-state index contributed by atoms with van der Waals surface area (Å²) in [5.74, 6) is -2.03. The maximum Gasteiger partial charge on any atom is 0.193 e. The summed E-state index contributed by atoms with van der Waals surface area (Å²) in [6.45, 7) is 2.21. The molecule has 0 bridgehead atoms. The number of alkyl halides is 1. The van der Waals surface area contributed by atoms with Gasteiger partial charge >= 0.3 is 0 Å². The number of hydrogen-bond donors (Lipinski definition) is 4. The van der Waals surface area contributed by atoms with E-state index in [0.29, 0.717) is 17.6 Å². The molecule has 0 radical (unpaired) electrons. The third-order valence-electron chi connectivity index (χ3n) is 7.84. The molecule has 6 nitrogen and oxygen atoms in total. The van der Waals surface area contributed by atoms with E-state index in [1.165, 1.54) is 31.2 Å². The topological polar surface area (TPSA) is 115 Å². The van der Waals surface area contributed by atoms with E-state index in [9.17, 15) is 30.0 Å². The molecule has 4 rings (SSSR count). The molecular formula is C21H25FO6. The van der Waals surface area contributed by atoms with Crippen molar-refractivity contribution in [3.05, 3.63) is 35.5 Å². The third-order valence-corrected chi connectivity index (χ3v) is 7.84. The van der Waals surface area contributed by atoms with Crippen LogP contribution in [0.2, 0.25) is 0 Å². The number of Topliss-reactive ketones (excluding diaryl/α,β-unsaturated/α-hetero) is 1. The van der Waals surface area contributed by atoms with Crippen molar-refractivity contribution < 1.29 is 34.4 Å². The summed E-state index contributed by atoms with van der Waals surface area (Å²) < 4.78 is 16.7. The number of carbonyl (C=O) groups excluding carboxylic acids is 2. The van der Waals surface area contributed by atoms with Crippen molar-refractivity contribution in [3.63, 3.8) is 0 Å². The number of aliphatic hydroxyl groups excluding tert-OH is 3. The molecular weight excluding hydrogens is 367 g/mol. The molecule has 0 unspecified atom stereocenters. The van der Waals surface area contributed by atoms with E-state index in [4.69, 9.17) is 0 Å². The summed E-state index contributed by atoms with van der Waals surface area (Å²) in [4.78, 5) is 24.1. The Hall–Kier alpha value is -1.67. The Labute approximate surface area is 162 Å². The fraction of sp³-hybridized carbons (Fsp3) is 0.619. The highest BCUT2D eigenvalue weighted by atomic mass is 19.1. The second kappa shape index (κ2) is 5.69. The van der Waals surface area contributed by atoms with E-state index < -0.39 is 52.6 Å². The smallest absolute Gasteiger partial charge is 0.193 e. The zero-order valence-corrected chi connectivity index (χ0v) is 15.9. The largest absolute Gasteiger partial charge is 0.390 e. The molecule has 0 aliphatic heterocycles. The lowest BCUT2D eigenvalue weighted by atomic mass is 9.46. The van der Waals surface area contributed by atoms with Crippen LogP contribution in [0, 0.1) is 16.7 Å². The van der Waals surface area contributed by atoms with Crippen molar-refractivity contribution in [2.75, 3.05) is 6.61 Å². The van der Waals surface area contributed by atoms with E-state index in [0.717, 1.165) is 0 Å². The summed E-state index contributed by atoms with van der Waals surface area (Å²) >= 11 is 0. The summed E-state index contributed by atoms with van der Waals surface area (Å²) in [5.41, 5.74) is -6.10. The van der Waals surface area contributed by atoms with E-state index in [2.05, 4.69) is 0 Å². The van der Waals surface area contributed by atoms with E-state index in [1.807, 2.05) is 0 Å². The molecule has 2 saturated carbocycles. The molecule has 7 atom stereocenters. The lowest BCUT2D eigenvalue weighted by Crippen LogP contribution is -2.68. The van der Waals surface area contributed by atoms with Crippen LogP contribution < -0.4 is 0 Å². The van der Waals surface area contributed by atoms with Crippen molar-refractivity contribution in [1.82, 2.24) is 0 Å². The standard InChI is InChI=1S/C21H25FO6/c1-18-6-5-12(24)7-11(18)3-4-13-14-8-15(25)21(28,17(27)10-23)19(14,2)9-16(26)20(13,18)22/h5-8,13,15-16,23,25-26,28H,3-4,9-10H2,1-2H3/t13-,15+,16-,18-,19-,20-,21-/m0/s1. The molecule has 28 heavy (non-hydrogen) atoms. The maximum absolute atomic E-state index is 16.7. The second-order valence-electron chi connectivity index (χ2n) is 8.93. The van der Waals surface area contributed by atoms with Gasteiger partial charge < -0.3 is 20.4 Å². The van der Waals surface area contributed by atoms with Gasteiger partial charge in [-0.05, 0) is 38.3 Å². The molecule has 0 heterocycles. The minimum Gasteiger partial charge on any atom is -0.390 e. The van der Waals surface area contributed by atoms with Crippen molar-refractivity contribution in [2.24, 2.45) is 16.7 Å². The van der Waals surface area contributed by atoms with Gasteiger partial charge in [0.05, 0.1) is 6.10 Å². The van der Waals surface area contributed by atoms with Crippen LogP contribution in [0.15, 0.2) is 35.5 Å². The Balaban J connectivity index is 1.87. The first-order chi connectivity index (χ1) is 13.0. The molecule has 0 aromatic heterocycles. The maximum atomic E-state index is 16.7. The van der Waals surface area contributed by atoms with Crippen molar-refractivity contribution in [1.29, 1.82) is 0 Å². The molecule has 0 amide bonds. The highest BCUT2D eigenvalue weighted by Gasteiger charge is 2.73. The molecule has 4 aliphatic carbocycles. The Kier molecular flexibility index (Phi) is 3.99. The van der Waals surface area contributed by atoms with Gasteiger partial charge in [0.25, 0.3) is 0 Å². The summed E-state index contributed by atoms with van der Waals surface area (Å²) in [6, 6.07) is 0. The van der Waals surface area contributed by atoms with Gasteiger partial charge in [-0.25, -0.2) is 4.39 Å². The van der Waals surface area contributed by atoms with Crippen LogP contribution in [0.4, 0.5) is 4.39 Å². The van der Waals surface area contributed by atoms with E-state index in [1.54, 1.807) is 6.92 Å². The highest BCUT2D eigenvalue weighted by Crippen LogP contribution is 2.68. The number of aliphatic hydroxyl groups is 4. The molecule has 4 aliphatic rings. The number of hydrogen-bond acceptors (Lipinski definition) is 6. The quantitative estimate of drug-likeness (QED) is 0.510. The van der Waals surface area contributed by atoms with Gasteiger partial charge in [-0.15, -0.1) is 0 Å². The molecule has 0 spiro atoms. The Morgan fingerprint density at radius 2 is 2.00 bits per heavy atom. The molecule has 7 heteroatoms. The number of carbonyl (C=O) groups is 2. The van der Waals surface area contributed by atoms with Gasteiger partial charge in [-0.2, -0.15) is 0 Å². The van der Waals surface area contributed by atoms with Crippen LogP contribution in [-0.4, -0.2) is 62.1 Å². The highest BCUT2D eigenvalue weighted by molar-refractivity contribution is 6.01. The number of halogens is 1. The normalized spacial score (nSPS) is 49.7. The van der Waals surface area contributed by atoms with Gasteiger partial charge in [0.2, 0.25) is 0 Å². The Morgan fingerprint density at radius 1 is 1.32 bits per heavy atom. The first kappa shape index (κ1) is 19.6. The first-order valence-electron chi connectivity index (χ1n) is 9.55. The Bertz CT molecular complexity index is 861. The van der Waals surface area contributed by atoms with Crippen LogP contribution in [-0.2, 0) is 9.59 Å². The lowest BCUT2D eigenvalue weighted by Gasteiger charge is -2.61. The number of rotatable bonds is 2. The number of allylic oxidation sites excluding steroid dienone is 4. The zero-order valence-electron chi connectivity index (χ0n) is 15.9. The fourth-order valence-corrected chi connectivity index (χ4v) is 6.19. The molecule has 0 aromatic rings. The minimum atomic E-state index is -2.32. The average Bonchev–Trinajstić information content (AvgIpc) is 2.84. The molecule has 2 fully saturated rings. The van der Waals surface area contributed by atoms with Crippen LogP contribution >= 0.6 is 0 Å². The predicted molar refractivity (Wildman–Crippen MR) is 96.8 cm³/mol. The monoisotopic (exact) mass is 392 g/mol. The van der Waals surface area contributed by atoms with E-state index in [-0.39, 0.29) is 18.6 Å². The molecule has 152 valence electrons. The van der Waals surface area contributed by atoms with Gasteiger partial charge in [0, 0.05) is 16.7 Å². The van der Waals surface area contributed by atoms with Crippen LogP contribution in [0.3, 0.4) is 0 Å². The SMILES string of the molecule is C[C@]12C=CC(=O)C=C1CC[C@H]1C3=C[C@@H](O)[C@](O)(C(=O)CO)[C@@]3(C)C[C@H](O)[C@@]12F. The van der Waals surface area contributed by atoms with Gasteiger partial charge in [-0.3, -0.25) is 9.59 Å². The average molecular weight is 392 g/mol. The lowest BCUT2D eigenvalue weighted by molar-refractivity contribution is -0.191. The van der Waals surface area contributed by atoms with Gasteiger partial charge in [-0.1, -0.05) is 30.2 Å². The summed E-state index contributed by atoms with van der Waals surface area (Å²) in [5, 5.41) is 41.9. The van der Waals surface area contributed by atoms with Crippen LogP contribution in [0.25, 0.3) is 0 Å².